The lowest BCUT2D eigenvalue weighted by Gasteiger charge is -2.19. The van der Waals surface area contributed by atoms with Crippen LogP contribution in [0.1, 0.15) is 13.3 Å². The molecular weight excluding hydrogens is 278 g/mol. The first-order valence-electron chi connectivity index (χ1n) is 6.41. The van der Waals surface area contributed by atoms with Crippen molar-refractivity contribution in [2.75, 3.05) is 13.1 Å². The fraction of sp³-hybridized carbons (Fsp3) is 0.417. The standard InChI is InChI=1S/C12H15N5O4/c1-2-5-16(8-11(19)20)10(18)7-17-14-12(13-15-17)9-4-3-6-21-9/h3-4,6H,2,5,7-8H2,1H3,(H,19,20). The number of amides is 1. The molecule has 0 aliphatic heterocycles. The van der Waals surface area contributed by atoms with E-state index in [2.05, 4.69) is 15.4 Å². The quantitative estimate of drug-likeness (QED) is 0.778. The zero-order valence-corrected chi connectivity index (χ0v) is 11.5. The highest BCUT2D eigenvalue weighted by molar-refractivity contribution is 5.81. The van der Waals surface area contributed by atoms with Crippen molar-refractivity contribution in [1.29, 1.82) is 0 Å². The molecule has 0 bridgehead atoms. The average Bonchev–Trinajstić information content (AvgIpc) is 3.07. The van der Waals surface area contributed by atoms with Crippen molar-refractivity contribution >= 4 is 11.9 Å². The molecule has 0 aliphatic rings. The smallest absolute Gasteiger partial charge is 0.323 e. The van der Waals surface area contributed by atoms with Gasteiger partial charge in [-0.3, -0.25) is 9.59 Å². The Morgan fingerprint density at radius 3 is 2.90 bits per heavy atom. The Kier molecular flexibility index (Phi) is 4.64. The van der Waals surface area contributed by atoms with Gasteiger partial charge in [-0.2, -0.15) is 4.80 Å². The van der Waals surface area contributed by atoms with Gasteiger partial charge in [0.05, 0.1) is 6.26 Å². The summed E-state index contributed by atoms with van der Waals surface area (Å²) in [6.07, 6.45) is 2.15. The Labute approximate surface area is 120 Å². The predicted molar refractivity (Wildman–Crippen MR) is 70.0 cm³/mol. The molecular formula is C12H15N5O4. The molecule has 1 N–H and O–H groups in total. The first-order valence-corrected chi connectivity index (χ1v) is 6.41. The van der Waals surface area contributed by atoms with Gasteiger partial charge in [-0.15, -0.1) is 10.2 Å². The molecule has 21 heavy (non-hydrogen) atoms. The highest BCUT2D eigenvalue weighted by Crippen LogP contribution is 2.12. The minimum atomic E-state index is -1.06. The molecule has 0 saturated carbocycles. The summed E-state index contributed by atoms with van der Waals surface area (Å²) in [4.78, 5) is 25.2. The molecule has 0 fully saturated rings. The van der Waals surface area contributed by atoms with Crippen LogP contribution in [0.3, 0.4) is 0 Å². The van der Waals surface area contributed by atoms with Gasteiger partial charge in [-0.05, 0) is 23.8 Å². The molecule has 1 amide bonds. The maximum Gasteiger partial charge on any atom is 0.323 e. The number of hydrogen-bond donors (Lipinski definition) is 1. The van der Waals surface area contributed by atoms with E-state index >= 15 is 0 Å². The summed E-state index contributed by atoms with van der Waals surface area (Å²) < 4.78 is 5.13. The van der Waals surface area contributed by atoms with Crippen LogP contribution in [0.25, 0.3) is 11.6 Å². The van der Waals surface area contributed by atoms with Gasteiger partial charge in [-0.1, -0.05) is 6.92 Å². The number of nitrogens with zero attached hydrogens (tertiary/aromatic N) is 5. The van der Waals surface area contributed by atoms with Gasteiger partial charge in [0.2, 0.25) is 11.7 Å². The van der Waals surface area contributed by atoms with Crippen LogP contribution in [0.15, 0.2) is 22.8 Å². The van der Waals surface area contributed by atoms with Crippen molar-refractivity contribution < 1.29 is 19.1 Å². The van der Waals surface area contributed by atoms with Crippen LogP contribution in [-0.2, 0) is 16.1 Å². The minimum absolute atomic E-state index is 0.166. The number of furan rings is 1. The summed E-state index contributed by atoms with van der Waals surface area (Å²) in [5, 5.41) is 20.4. The zero-order chi connectivity index (χ0) is 15.2. The lowest BCUT2D eigenvalue weighted by Crippen LogP contribution is -2.38. The lowest BCUT2D eigenvalue weighted by atomic mass is 10.4. The highest BCUT2D eigenvalue weighted by atomic mass is 16.4. The third-order valence-corrected chi connectivity index (χ3v) is 2.64. The first kappa shape index (κ1) is 14.7. The lowest BCUT2D eigenvalue weighted by molar-refractivity contribution is -0.144. The van der Waals surface area contributed by atoms with Gasteiger partial charge in [-0.25, -0.2) is 0 Å². The van der Waals surface area contributed by atoms with Crippen molar-refractivity contribution in [3.63, 3.8) is 0 Å². The molecule has 2 aromatic heterocycles. The van der Waals surface area contributed by atoms with E-state index in [0.29, 0.717) is 18.7 Å². The maximum atomic E-state index is 12.0. The van der Waals surface area contributed by atoms with Crippen molar-refractivity contribution in [1.82, 2.24) is 25.1 Å². The van der Waals surface area contributed by atoms with Gasteiger partial charge in [0, 0.05) is 6.54 Å². The number of carbonyl (C=O) groups is 2. The molecule has 112 valence electrons. The molecule has 2 rings (SSSR count). The Hall–Kier alpha value is -2.71. The Bertz CT molecular complexity index is 607. The molecule has 2 aromatic rings. The summed E-state index contributed by atoms with van der Waals surface area (Å²) in [5.74, 6) is -0.708. The number of carboxylic acid groups (broad SMARTS) is 1. The van der Waals surface area contributed by atoms with Gasteiger partial charge in [0.15, 0.2) is 5.76 Å². The van der Waals surface area contributed by atoms with E-state index in [9.17, 15) is 9.59 Å². The molecule has 9 nitrogen and oxygen atoms in total. The molecule has 2 heterocycles. The second kappa shape index (κ2) is 6.64. The molecule has 0 saturated heterocycles. The number of aliphatic carboxylic acids is 1. The number of hydrogen-bond acceptors (Lipinski definition) is 6. The minimum Gasteiger partial charge on any atom is -0.480 e. The van der Waals surface area contributed by atoms with E-state index < -0.39 is 5.97 Å². The number of aromatic nitrogens is 4. The van der Waals surface area contributed by atoms with E-state index in [1.165, 1.54) is 11.2 Å². The third-order valence-electron chi connectivity index (χ3n) is 2.64. The van der Waals surface area contributed by atoms with E-state index in [4.69, 9.17) is 9.52 Å². The molecule has 0 aliphatic carbocycles. The summed E-state index contributed by atoms with van der Waals surface area (Å²) in [6.45, 7) is 1.73. The van der Waals surface area contributed by atoms with Crippen LogP contribution in [0.5, 0.6) is 0 Å². The van der Waals surface area contributed by atoms with Gasteiger partial charge in [0.25, 0.3) is 0 Å². The largest absolute Gasteiger partial charge is 0.480 e. The van der Waals surface area contributed by atoms with E-state index in [1.807, 2.05) is 6.92 Å². The summed E-state index contributed by atoms with van der Waals surface area (Å²) in [5.41, 5.74) is 0. The highest BCUT2D eigenvalue weighted by Gasteiger charge is 2.18. The normalized spacial score (nSPS) is 10.5. The van der Waals surface area contributed by atoms with Crippen LogP contribution in [-0.4, -0.2) is 55.2 Å². The molecule has 0 atom stereocenters. The van der Waals surface area contributed by atoms with Crippen molar-refractivity contribution in [3.05, 3.63) is 18.4 Å². The molecule has 0 spiro atoms. The van der Waals surface area contributed by atoms with E-state index in [0.717, 1.165) is 4.80 Å². The Morgan fingerprint density at radius 1 is 1.48 bits per heavy atom. The van der Waals surface area contributed by atoms with Gasteiger partial charge >= 0.3 is 5.97 Å². The molecule has 0 aromatic carbocycles. The average molecular weight is 293 g/mol. The second-order valence-electron chi connectivity index (χ2n) is 4.33. The molecule has 9 heteroatoms. The van der Waals surface area contributed by atoms with Crippen LogP contribution in [0.2, 0.25) is 0 Å². The van der Waals surface area contributed by atoms with Crippen LogP contribution >= 0.6 is 0 Å². The summed E-state index contributed by atoms with van der Waals surface area (Å²) >= 11 is 0. The Balaban J connectivity index is 2.02. The van der Waals surface area contributed by atoms with Crippen LogP contribution < -0.4 is 0 Å². The number of carboxylic acids is 1. The SMILES string of the molecule is CCCN(CC(=O)O)C(=O)Cn1nnc(-c2ccco2)n1. The van der Waals surface area contributed by atoms with E-state index in [1.54, 1.807) is 12.1 Å². The van der Waals surface area contributed by atoms with Gasteiger partial charge < -0.3 is 14.4 Å². The monoisotopic (exact) mass is 293 g/mol. The van der Waals surface area contributed by atoms with Crippen molar-refractivity contribution in [3.8, 4) is 11.6 Å². The number of carbonyl (C=O) groups excluding carboxylic acids is 1. The van der Waals surface area contributed by atoms with Crippen LogP contribution in [0.4, 0.5) is 0 Å². The van der Waals surface area contributed by atoms with E-state index in [-0.39, 0.29) is 24.8 Å². The molecule has 0 radical (unpaired) electrons. The number of rotatable bonds is 7. The van der Waals surface area contributed by atoms with Gasteiger partial charge in [0.1, 0.15) is 13.1 Å². The summed E-state index contributed by atoms with van der Waals surface area (Å²) in [7, 11) is 0. The second-order valence-corrected chi connectivity index (χ2v) is 4.33. The first-order chi connectivity index (χ1) is 10.1. The fourth-order valence-corrected chi connectivity index (χ4v) is 1.76. The predicted octanol–water partition coefficient (Wildman–Crippen LogP) is 0.256. The maximum absolute atomic E-state index is 12.0. The topological polar surface area (TPSA) is 114 Å². The number of tetrazole rings is 1. The van der Waals surface area contributed by atoms with Crippen LogP contribution in [0, 0.1) is 0 Å². The zero-order valence-electron chi connectivity index (χ0n) is 11.5. The molecule has 0 unspecified atom stereocenters. The summed E-state index contributed by atoms with van der Waals surface area (Å²) in [6, 6.07) is 3.37. The third kappa shape index (κ3) is 3.88. The Morgan fingerprint density at radius 2 is 2.29 bits per heavy atom. The van der Waals surface area contributed by atoms with Crippen molar-refractivity contribution in [2.24, 2.45) is 0 Å². The fourth-order valence-electron chi connectivity index (χ4n) is 1.76. The van der Waals surface area contributed by atoms with Crippen molar-refractivity contribution in [2.45, 2.75) is 19.9 Å².